The lowest BCUT2D eigenvalue weighted by atomic mass is 10.1. The van der Waals surface area contributed by atoms with E-state index >= 15 is 0 Å². The summed E-state index contributed by atoms with van der Waals surface area (Å²) in [5, 5.41) is 14.1. The van der Waals surface area contributed by atoms with Crippen molar-refractivity contribution in [1.29, 1.82) is 0 Å². The Hall–Kier alpha value is -3.98. The van der Waals surface area contributed by atoms with E-state index in [0.29, 0.717) is 40.2 Å². The number of rotatable bonds is 10. The number of unbranched alkanes of at least 4 members (excludes halogenated alkanes) is 1. The van der Waals surface area contributed by atoms with E-state index in [1.807, 2.05) is 24.3 Å². The van der Waals surface area contributed by atoms with Gasteiger partial charge in [-0.25, -0.2) is 9.78 Å². The van der Waals surface area contributed by atoms with E-state index in [4.69, 9.17) is 19.6 Å². The Morgan fingerprint density at radius 2 is 1.95 bits per heavy atom. The summed E-state index contributed by atoms with van der Waals surface area (Å²) in [5.74, 6) is 0.558. The van der Waals surface area contributed by atoms with Crippen LogP contribution in [0, 0.1) is 0 Å². The number of carbonyl (C=O) groups is 1. The van der Waals surface area contributed by atoms with Gasteiger partial charge in [-0.2, -0.15) is 9.78 Å². The molecule has 0 aliphatic heterocycles. The van der Waals surface area contributed by atoms with Gasteiger partial charge in [-0.05, 0) is 54.4 Å². The smallest absolute Gasteiger partial charge is 0.335 e. The summed E-state index contributed by atoms with van der Waals surface area (Å²) >= 11 is 3.43. The number of aromatic nitrogens is 2. The lowest BCUT2D eigenvalue weighted by molar-refractivity contribution is 0.0697. The van der Waals surface area contributed by atoms with Crippen LogP contribution in [0.25, 0.3) is 10.9 Å². The molecule has 0 fully saturated rings. The fourth-order valence-electron chi connectivity index (χ4n) is 3.78. The topological polar surface area (TPSA) is 103 Å². The molecule has 3 aromatic carbocycles. The zero-order valence-corrected chi connectivity index (χ0v) is 22.1. The largest absolute Gasteiger partial charge is 0.493 e. The van der Waals surface area contributed by atoms with Crippen molar-refractivity contribution >= 4 is 39.0 Å². The zero-order valence-electron chi connectivity index (χ0n) is 20.5. The molecule has 0 radical (unpaired) electrons. The standard InChI is InChI=1S/C28H26BrN3O5/c1-3-4-8-25-31-23-14-13-21(29)15-22(23)27(33)32(25)30-16-20-6-5-7-24(36-2)26(20)37-17-18-9-11-19(12-10-18)28(34)35/h5-7,9-16H,3-4,8,17H2,1-2H3,(H,34,35). The zero-order chi connectivity index (χ0) is 26.4. The number of benzene rings is 3. The van der Waals surface area contributed by atoms with Gasteiger partial charge in [0.1, 0.15) is 12.4 Å². The first kappa shape index (κ1) is 26.1. The van der Waals surface area contributed by atoms with Crippen LogP contribution in [0.5, 0.6) is 11.5 Å². The number of ether oxygens (including phenoxy) is 2. The summed E-state index contributed by atoms with van der Waals surface area (Å²) in [5.41, 5.74) is 1.99. The van der Waals surface area contributed by atoms with E-state index in [0.717, 1.165) is 22.9 Å². The van der Waals surface area contributed by atoms with Gasteiger partial charge < -0.3 is 14.6 Å². The van der Waals surface area contributed by atoms with Crippen LogP contribution in [0.15, 0.2) is 75.0 Å². The molecule has 1 heterocycles. The Kier molecular flexibility index (Phi) is 8.35. The van der Waals surface area contributed by atoms with Crippen molar-refractivity contribution in [2.24, 2.45) is 5.10 Å². The van der Waals surface area contributed by atoms with Gasteiger partial charge in [0.25, 0.3) is 5.56 Å². The predicted molar refractivity (Wildman–Crippen MR) is 146 cm³/mol. The molecular weight excluding hydrogens is 538 g/mol. The number of nitrogens with zero attached hydrogens (tertiary/aromatic N) is 3. The van der Waals surface area contributed by atoms with Gasteiger partial charge in [0.2, 0.25) is 0 Å². The number of carboxylic acids is 1. The van der Waals surface area contributed by atoms with Crippen molar-refractivity contribution in [3.63, 3.8) is 0 Å². The SMILES string of the molecule is CCCCc1nc2ccc(Br)cc2c(=O)n1N=Cc1cccc(OC)c1OCc1ccc(C(=O)O)cc1. The molecule has 0 bridgehead atoms. The van der Waals surface area contributed by atoms with E-state index in [1.54, 1.807) is 37.6 Å². The highest BCUT2D eigenvalue weighted by Crippen LogP contribution is 2.31. The molecule has 37 heavy (non-hydrogen) atoms. The molecule has 0 unspecified atom stereocenters. The monoisotopic (exact) mass is 563 g/mol. The van der Waals surface area contributed by atoms with Gasteiger partial charge in [-0.1, -0.05) is 47.5 Å². The molecule has 0 aliphatic carbocycles. The number of fused-ring (bicyclic) bond motifs is 1. The van der Waals surface area contributed by atoms with Crippen LogP contribution < -0.4 is 15.0 Å². The first-order chi connectivity index (χ1) is 17.9. The predicted octanol–water partition coefficient (Wildman–Crippen LogP) is 5.67. The van der Waals surface area contributed by atoms with Crippen molar-refractivity contribution in [2.75, 3.05) is 7.11 Å². The summed E-state index contributed by atoms with van der Waals surface area (Å²) in [7, 11) is 1.54. The number of aromatic carboxylic acids is 1. The van der Waals surface area contributed by atoms with Gasteiger partial charge in [-0.15, -0.1) is 0 Å². The summed E-state index contributed by atoms with van der Waals surface area (Å²) in [6.07, 6.45) is 4.01. The first-order valence-electron chi connectivity index (χ1n) is 11.8. The number of aryl methyl sites for hydroxylation is 1. The molecule has 0 amide bonds. The third-order valence-corrected chi connectivity index (χ3v) is 6.25. The minimum absolute atomic E-state index is 0.189. The van der Waals surface area contributed by atoms with Crippen molar-refractivity contribution in [2.45, 2.75) is 32.8 Å². The fraction of sp³-hybridized carbons (Fsp3) is 0.214. The number of hydrogen-bond donors (Lipinski definition) is 1. The highest BCUT2D eigenvalue weighted by atomic mass is 79.9. The molecule has 4 aromatic rings. The van der Waals surface area contributed by atoms with Gasteiger partial charge in [-0.3, -0.25) is 4.79 Å². The Morgan fingerprint density at radius 3 is 2.65 bits per heavy atom. The molecule has 190 valence electrons. The molecule has 0 aliphatic rings. The van der Waals surface area contributed by atoms with E-state index in [2.05, 4.69) is 28.0 Å². The van der Waals surface area contributed by atoms with Crippen LogP contribution >= 0.6 is 15.9 Å². The highest BCUT2D eigenvalue weighted by molar-refractivity contribution is 9.10. The third kappa shape index (κ3) is 6.06. The van der Waals surface area contributed by atoms with Crippen LogP contribution in [0.4, 0.5) is 0 Å². The molecule has 8 nitrogen and oxygen atoms in total. The fourth-order valence-corrected chi connectivity index (χ4v) is 4.14. The molecule has 0 saturated carbocycles. The number of hydrogen-bond acceptors (Lipinski definition) is 6. The maximum Gasteiger partial charge on any atom is 0.335 e. The second-order valence-electron chi connectivity index (χ2n) is 8.32. The molecule has 4 rings (SSSR count). The molecule has 0 spiro atoms. The molecular formula is C28H26BrN3O5. The third-order valence-electron chi connectivity index (χ3n) is 5.75. The van der Waals surface area contributed by atoms with Crippen molar-refractivity contribution in [3.8, 4) is 11.5 Å². The summed E-state index contributed by atoms with van der Waals surface area (Å²) < 4.78 is 13.7. The number of para-hydroxylation sites is 1. The quantitative estimate of drug-likeness (QED) is 0.249. The molecule has 0 saturated heterocycles. The normalized spacial score (nSPS) is 11.2. The highest BCUT2D eigenvalue weighted by Gasteiger charge is 2.13. The number of methoxy groups -OCH3 is 1. The average Bonchev–Trinajstić information content (AvgIpc) is 2.91. The van der Waals surface area contributed by atoms with E-state index in [9.17, 15) is 9.59 Å². The van der Waals surface area contributed by atoms with Gasteiger partial charge in [0.05, 0.1) is 29.8 Å². The maximum absolute atomic E-state index is 13.4. The maximum atomic E-state index is 13.4. The Morgan fingerprint density at radius 1 is 1.16 bits per heavy atom. The van der Waals surface area contributed by atoms with Crippen molar-refractivity contribution < 1.29 is 19.4 Å². The van der Waals surface area contributed by atoms with Crippen LogP contribution in [0.2, 0.25) is 0 Å². The van der Waals surface area contributed by atoms with Crippen molar-refractivity contribution in [3.05, 3.63) is 98.0 Å². The lowest BCUT2D eigenvalue weighted by Crippen LogP contribution is -2.22. The minimum Gasteiger partial charge on any atom is -0.493 e. The lowest BCUT2D eigenvalue weighted by Gasteiger charge is -2.14. The van der Waals surface area contributed by atoms with Crippen LogP contribution in [-0.2, 0) is 13.0 Å². The van der Waals surface area contributed by atoms with Gasteiger partial charge >= 0.3 is 5.97 Å². The molecule has 1 N–H and O–H groups in total. The number of carboxylic acid groups (broad SMARTS) is 1. The summed E-state index contributed by atoms with van der Waals surface area (Å²) in [6, 6.07) is 17.3. The molecule has 1 aromatic heterocycles. The van der Waals surface area contributed by atoms with Crippen LogP contribution in [0.3, 0.4) is 0 Å². The van der Waals surface area contributed by atoms with Gasteiger partial charge in [0.15, 0.2) is 11.5 Å². The van der Waals surface area contributed by atoms with E-state index in [1.165, 1.54) is 16.8 Å². The van der Waals surface area contributed by atoms with Crippen LogP contribution in [-0.4, -0.2) is 34.1 Å². The van der Waals surface area contributed by atoms with Crippen LogP contribution in [0.1, 0.15) is 47.1 Å². The summed E-state index contributed by atoms with van der Waals surface area (Å²) in [4.78, 5) is 29.2. The average molecular weight is 564 g/mol. The number of halogens is 1. The molecule has 9 heteroatoms. The van der Waals surface area contributed by atoms with Gasteiger partial charge in [0, 0.05) is 16.5 Å². The first-order valence-corrected chi connectivity index (χ1v) is 12.6. The second-order valence-corrected chi connectivity index (χ2v) is 9.24. The Bertz CT molecular complexity index is 1510. The van der Waals surface area contributed by atoms with Crippen molar-refractivity contribution in [1.82, 2.24) is 9.66 Å². The minimum atomic E-state index is -0.986. The summed E-state index contributed by atoms with van der Waals surface area (Å²) in [6.45, 7) is 2.27. The Labute approximate surface area is 222 Å². The van der Waals surface area contributed by atoms with E-state index < -0.39 is 5.97 Å². The molecule has 0 atom stereocenters. The Balaban J connectivity index is 1.70. The second kappa shape index (κ2) is 11.8. The van der Waals surface area contributed by atoms with E-state index in [-0.39, 0.29) is 17.7 Å².